The molecule has 0 fully saturated rings. The molecule has 0 radical (unpaired) electrons. The van der Waals surface area contributed by atoms with E-state index in [2.05, 4.69) is 11.2 Å². The molecule has 7 heteroatoms. The third-order valence-corrected chi connectivity index (χ3v) is 5.00. The van der Waals surface area contributed by atoms with E-state index in [1.807, 2.05) is 49.4 Å². The Morgan fingerprint density at radius 1 is 1.10 bits per heavy atom. The van der Waals surface area contributed by atoms with E-state index in [0.717, 1.165) is 22.3 Å². The predicted molar refractivity (Wildman–Crippen MR) is 113 cm³/mol. The van der Waals surface area contributed by atoms with Crippen LogP contribution in [0.3, 0.4) is 0 Å². The summed E-state index contributed by atoms with van der Waals surface area (Å²) in [5.74, 6) is 0.444. The maximum Gasteiger partial charge on any atom is 0.351 e. The standard InChI is InChI=1S/C23H20N4O3/c1-15-3-7-18(8-4-15)21-19(17-9-5-16(14-24)6-10-17)13-20(30-2)22-25-26(11-12-28)23(29)27(21)22/h3-10,13,28H,11-12H2,1-2H3. The lowest BCUT2D eigenvalue weighted by molar-refractivity contribution is 0.267. The molecule has 30 heavy (non-hydrogen) atoms. The molecule has 0 spiro atoms. The van der Waals surface area contributed by atoms with Gasteiger partial charge in [-0.15, -0.1) is 5.10 Å². The first-order valence-electron chi connectivity index (χ1n) is 9.46. The number of rotatable bonds is 5. The van der Waals surface area contributed by atoms with Crippen molar-refractivity contribution < 1.29 is 9.84 Å². The molecule has 1 N–H and O–H groups in total. The minimum absolute atomic E-state index is 0.0865. The first-order chi connectivity index (χ1) is 14.6. The Morgan fingerprint density at radius 2 is 1.77 bits per heavy atom. The second-order valence-electron chi connectivity index (χ2n) is 6.92. The summed E-state index contributed by atoms with van der Waals surface area (Å²) >= 11 is 0. The molecule has 150 valence electrons. The van der Waals surface area contributed by atoms with Gasteiger partial charge < -0.3 is 9.84 Å². The number of pyridine rings is 1. The molecular weight excluding hydrogens is 380 g/mol. The summed E-state index contributed by atoms with van der Waals surface area (Å²) in [5.41, 5.74) is 4.81. The highest BCUT2D eigenvalue weighted by molar-refractivity contribution is 5.85. The molecule has 2 heterocycles. The average molecular weight is 400 g/mol. The number of methoxy groups -OCH3 is 1. The van der Waals surface area contributed by atoms with Crippen LogP contribution < -0.4 is 10.4 Å². The van der Waals surface area contributed by atoms with Gasteiger partial charge in [-0.2, -0.15) is 5.26 Å². The predicted octanol–water partition coefficient (Wildman–Crippen LogP) is 3.01. The number of aliphatic hydroxyl groups is 1. The zero-order chi connectivity index (χ0) is 21.3. The van der Waals surface area contributed by atoms with Gasteiger partial charge in [-0.25, -0.2) is 13.9 Å². The number of nitrogens with zero attached hydrogens (tertiary/aromatic N) is 4. The molecule has 0 amide bonds. The van der Waals surface area contributed by atoms with Crippen molar-refractivity contribution in [1.29, 1.82) is 5.26 Å². The highest BCUT2D eigenvalue weighted by Gasteiger charge is 2.21. The molecule has 0 saturated heterocycles. The highest BCUT2D eigenvalue weighted by Crippen LogP contribution is 2.36. The Labute approximate surface area is 173 Å². The molecule has 0 aliphatic carbocycles. The molecule has 7 nitrogen and oxygen atoms in total. The maximum absolute atomic E-state index is 13.2. The van der Waals surface area contributed by atoms with Crippen LogP contribution in [-0.2, 0) is 6.54 Å². The number of aryl methyl sites for hydroxylation is 1. The van der Waals surface area contributed by atoms with Crippen LogP contribution >= 0.6 is 0 Å². The van der Waals surface area contributed by atoms with Gasteiger partial charge in [0.2, 0.25) is 5.65 Å². The molecule has 0 unspecified atom stereocenters. The van der Waals surface area contributed by atoms with Gasteiger partial charge in [0.1, 0.15) is 0 Å². The van der Waals surface area contributed by atoms with Gasteiger partial charge in [0.05, 0.1) is 37.6 Å². The van der Waals surface area contributed by atoms with Crippen LogP contribution in [-0.4, -0.2) is 33.0 Å². The second kappa shape index (κ2) is 7.85. The van der Waals surface area contributed by atoms with Crippen molar-refractivity contribution >= 4 is 5.65 Å². The van der Waals surface area contributed by atoms with E-state index in [9.17, 15) is 9.90 Å². The number of fused-ring (bicyclic) bond motifs is 1. The third-order valence-electron chi connectivity index (χ3n) is 5.00. The van der Waals surface area contributed by atoms with Crippen LogP contribution in [0.2, 0.25) is 0 Å². The van der Waals surface area contributed by atoms with E-state index in [1.165, 1.54) is 16.2 Å². The van der Waals surface area contributed by atoms with Gasteiger partial charge in [-0.3, -0.25) is 0 Å². The molecule has 0 atom stereocenters. The van der Waals surface area contributed by atoms with Crippen LogP contribution in [0.15, 0.2) is 59.4 Å². The summed E-state index contributed by atoms with van der Waals surface area (Å²) in [4.78, 5) is 13.2. The van der Waals surface area contributed by atoms with Crippen LogP contribution in [0.5, 0.6) is 5.75 Å². The summed E-state index contributed by atoms with van der Waals surface area (Å²) < 4.78 is 8.30. The van der Waals surface area contributed by atoms with Crippen molar-refractivity contribution in [3.63, 3.8) is 0 Å². The monoisotopic (exact) mass is 400 g/mol. The number of hydrogen-bond acceptors (Lipinski definition) is 5. The van der Waals surface area contributed by atoms with Crippen LogP contribution in [0.25, 0.3) is 28.0 Å². The molecular formula is C23H20N4O3. The van der Waals surface area contributed by atoms with E-state index in [4.69, 9.17) is 10.00 Å². The van der Waals surface area contributed by atoms with Gasteiger partial charge in [-0.05, 0) is 36.2 Å². The molecule has 0 aliphatic rings. The van der Waals surface area contributed by atoms with Gasteiger partial charge in [-0.1, -0.05) is 42.0 Å². The summed E-state index contributed by atoms with van der Waals surface area (Å²) in [6.45, 7) is 1.89. The van der Waals surface area contributed by atoms with Crippen LogP contribution in [0.4, 0.5) is 0 Å². The van der Waals surface area contributed by atoms with Crippen molar-refractivity contribution in [2.24, 2.45) is 0 Å². The van der Waals surface area contributed by atoms with Gasteiger partial charge in [0, 0.05) is 5.56 Å². The zero-order valence-electron chi connectivity index (χ0n) is 16.7. The fourth-order valence-electron chi connectivity index (χ4n) is 3.48. The zero-order valence-corrected chi connectivity index (χ0v) is 16.7. The summed E-state index contributed by atoms with van der Waals surface area (Å²) in [6, 6.07) is 19.0. The maximum atomic E-state index is 13.2. The fourth-order valence-corrected chi connectivity index (χ4v) is 3.48. The number of aromatic nitrogens is 3. The SMILES string of the molecule is COc1cc(-c2ccc(C#N)cc2)c(-c2ccc(C)cc2)n2c(=O)n(CCO)nc12. The van der Waals surface area contributed by atoms with Crippen molar-refractivity contribution in [2.45, 2.75) is 13.5 Å². The lowest BCUT2D eigenvalue weighted by Gasteiger charge is -2.15. The van der Waals surface area contributed by atoms with Crippen LogP contribution in [0, 0.1) is 18.3 Å². The van der Waals surface area contributed by atoms with E-state index in [0.29, 0.717) is 22.7 Å². The third kappa shape index (κ3) is 3.23. The van der Waals surface area contributed by atoms with E-state index < -0.39 is 0 Å². The lowest BCUT2D eigenvalue weighted by Crippen LogP contribution is -2.23. The summed E-state index contributed by atoms with van der Waals surface area (Å²) in [7, 11) is 1.53. The normalized spacial score (nSPS) is 10.9. The van der Waals surface area contributed by atoms with Crippen molar-refractivity contribution in [2.75, 3.05) is 13.7 Å². The number of nitriles is 1. The molecule has 0 saturated carbocycles. The molecule has 4 aromatic rings. The Morgan fingerprint density at radius 3 is 2.37 bits per heavy atom. The van der Waals surface area contributed by atoms with Gasteiger partial charge in [0.25, 0.3) is 0 Å². The molecule has 2 aromatic carbocycles. The van der Waals surface area contributed by atoms with E-state index in [1.54, 1.807) is 12.1 Å². The van der Waals surface area contributed by atoms with Crippen molar-refractivity contribution in [1.82, 2.24) is 14.2 Å². The van der Waals surface area contributed by atoms with E-state index >= 15 is 0 Å². The minimum Gasteiger partial charge on any atom is -0.493 e. The smallest absolute Gasteiger partial charge is 0.351 e. The Balaban J connectivity index is 2.12. The molecule has 0 bridgehead atoms. The summed E-state index contributed by atoms with van der Waals surface area (Å²) in [5, 5.41) is 22.8. The highest BCUT2D eigenvalue weighted by atomic mass is 16.5. The minimum atomic E-state index is -0.358. The Hall–Kier alpha value is -3.89. The largest absolute Gasteiger partial charge is 0.493 e. The summed E-state index contributed by atoms with van der Waals surface area (Å²) in [6.07, 6.45) is 0. The number of hydrogen-bond donors (Lipinski definition) is 1. The lowest BCUT2D eigenvalue weighted by atomic mass is 9.97. The molecule has 4 rings (SSSR count). The van der Waals surface area contributed by atoms with E-state index in [-0.39, 0.29) is 18.8 Å². The first-order valence-corrected chi connectivity index (χ1v) is 9.46. The molecule has 2 aromatic heterocycles. The topological polar surface area (TPSA) is 92.5 Å². The molecule has 0 aliphatic heterocycles. The fraction of sp³-hybridized carbons (Fsp3) is 0.174. The van der Waals surface area contributed by atoms with Crippen LogP contribution in [0.1, 0.15) is 11.1 Å². The number of ether oxygens (including phenoxy) is 1. The number of aliphatic hydroxyl groups excluding tert-OH is 1. The van der Waals surface area contributed by atoms with Gasteiger partial charge >= 0.3 is 5.69 Å². The number of benzene rings is 2. The Bertz CT molecular complexity index is 1310. The Kier molecular flexibility index (Phi) is 5.09. The quantitative estimate of drug-likeness (QED) is 0.556. The second-order valence-corrected chi connectivity index (χ2v) is 6.92. The van der Waals surface area contributed by atoms with Gasteiger partial charge in [0.15, 0.2) is 5.75 Å². The first kappa shape index (κ1) is 19.4. The van der Waals surface area contributed by atoms with Crippen molar-refractivity contribution in [3.05, 3.63) is 76.2 Å². The van der Waals surface area contributed by atoms with Crippen molar-refractivity contribution in [3.8, 4) is 34.2 Å². The average Bonchev–Trinajstić information content (AvgIpc) is 3.10.